The molecule has 0 aliphatic carbocycles. The van der Waals surface area contributed by atoms with Crippen LogP contribution in [0, 0.1) is 0 Å². The van der Waals surface area contributed by atoms with Crippen LogP contribution >= 0.6 is 0 Å². The maximum Gasteiger partial charge on any atom is 0.255 e. The number of pyridine rings is 1. The van der Waals surface area contributed by atoms with Crippen LogP contribution in [0.15, 0.2) is 48.7 Å². The number of carbonyl (C=O) groups is 3. The van der Waals surface area contributed by atoms with Crippen molar-refractivity contribution < 1.29 is 19.1 Å². The van der Waals surface area contributed by atoms with Crippen molar-refractivity contribution in [2.45, 2.75) is 25.4 Å². The monoisotopic (exact) mass is 401 g/mol. The third kappa shape index (κ3) is 2.82. The Bertz CT molecular complexity index is 1220. The fourth-order valence-electron chi connectivity index (χ4n) is 4.31. The molecule has 0 bridgehead atoms. The minimum Gasteiger partial charge on any atom is -0.496 e. The first-order chi connectivity index (χ1) is 14.6. The van der Waals surface area contributed by atoms with Gasteiger partial charge in [0.25, 0.3) is 5.91 Å². The van der Waals surface area contributed by atoms with Crippen molar-refractivity contribution in [2.75, 3.05) is 7.11 Å². The van der Waals surface area contributed by atoms with Gasteiger partial charge in [0.1, 0.15) is 11.8 Å². The molecule has 7 nitrogen and oxygen atoms in total. The number of aromatic nitrogens is 1. The number of hydrogen-bond acceptors (Lipinski definition) is 5. The predicted octanol–water partition coefficient (Wildman–Crippen LogP) is 2.67. The Morgan fingerprint density at radius 1 is 1.13 bits per heavy atom. The molecule has 30 heavy (non-hydrogen) atoms. The first kappa shape index (κ1) is 18.3. The van der Waals surface area contributed by atoms with Crippen molar-refractivity contribution >= 4 is 28.5 Å². The van der Waals surface area contributed by atoms with Gasteiger partial charge in [-0.2, -0.15) is 0 Å². The molecule has 2 aliphatic rings. The van der Waals surface area contributed by atoms with Gasteiger partial charge in [0.15, 0.2) is 0 Å². The highest BCUT2D eigenvalue weighted by Gasteiger charge is 2.39. The van der Waals surface area contributed by atoms with Gasteiger partial charge in [0.2, 0.25) is 11.8 Å². The molecule has 2 aromatic carbocycles. The van der Waals surface area contributed by atoms with Crippen molar-refractivity contribution in [3.63, 3.8) is 0 Å². The van der Waals surface area contributed by atoms with Crippen molar-refractivity contribution in [3.05, 3.63) is 59.8 Å². The number of nitrogens with zero attached hydrogens (tertiary/aromatic N) is 2. The zero-order valence-corrected chi connectivity index (χ0v) is 16.3. The van der Waals surface area contributed by atoms with E-state index in [0.29, 0.717) is 18.5 Å². The number of imide groups is 1. The van der Waals surface area contributed by atoms with E-state index in [9.17, 15) is 14.4 Å². The van der Waals surface area contributed by atoms with Crippen molar-refractivity contribution in [1.82, 2.24) is 15.2 Å². The Balaban J connectivity index is 1.54. The number of piperidine rings is 1. The summed E-state index contributed by atoms with van der Waals surface area (Å²) in [5.74, 6) is -0.154. The molecule has 7 heteroatoms. The van der Waals surface area contributed by atoms with Crippen molar-refractivity contribution in [2.24, 2.45) is 0 Å². The molecular formula is C23H19N3O4. The van der Waals surface area contributed by atoms with E-state index in [4.69, 9.17) is 4.74 Å². The molecule has 3 heterocycles. The lowest BCUT2D eigenvalue weighted by Crippen LogP contribution is -2.52. The molecule has 150 valence electrons. The molecule has 1 aromatic heterocycles. The highest BCUT2D eigenvalue weighted by Crippen LogP contribution is 2.36. The molecule has 1 atom stereocenters. The molecule has 2 aliphatic heterocycles. The number of fused-ring (bicyclic) bond motifs is 2. The van der Waals surface area contributed by atoms with Gasteiger partial charge in [-0.1, -0.05) is 18.2 Å². The third-order valence-corrected chi connectivity index (χ3v) is 5.77. The first-order valence-electron chi connectivity index (χ1n) is 9.76. The molecule has 1 saturated heterocycles. The molecule has 0 saturated carbocycles. The zero-order valence-electron chi connectivity index (χ0n) is 16.3. The summed E-state index contributed by atoms with van der Waals surface area (Å²) in [6.07, 6.45) is 2.34. The molecule has 5 rings (SSSR count). The van der Waals surface area contributed by atoms with Crippen LogP contribution in [0.1, 0.15) is 28.8 Å². The van der Waals surface area contributed by atoms with Crippen molar-refractivity contribution in [1.29, 1.82) is 0 Å². The van der Waals surface area contributed by atoms with Gasteiger partial charge in [0, 0.05) is 30.3 Å². The van der Waals surface area contributed by atoms with E-state index < -0.39 is 11.9 Å². The van der Waals surface area contributed by atoms with Crippen LogP contribution in [0.5, 0.6) is 5.75 Å². The van der Waals surface area contributed by atoms with Crippen LogP contribution in [0.2, 0.25) is 0 Å². The van der Waals surface area contributed by atoms with Gasteiger partial charge in [-0.25, -0.2) is 0 Å². The molecule has 0 spiro atoms. The minimum atomic E-state index is -0.623. The second kappa shape index (κ2) is 6.95. The third-order valence-electron chi connectivity index (χ3n) is 5.77. The fourth-order valence-corrected chi connectivity index (χ4v) is 4.31. The standard InChI is InChI=1S/C23H19N3O4/c1-30-18-4-2-3-13-9-10-24-21(20(13)18)14-5-6-16-15(11-14)12-26(23(16)29)17-7-8-19(27)25-22(17)28/h2-6,9-11,17H,7-8,12H2,1H3,(H,25,27,28). The minimum absolute atomic E-state index is 0.186. The van der Waals surface area contributed by atoms with E-state index in [-0.39, 0.29) is 18.2 Å². The predicted molar refractivity (Wildman–Crippen MR) is 110 cm³/mol. The Morgan fingerprint density at radius 3 is 2.80 bits per heavy atom. The number of hydrogen-bond donors (Lipinski definition) is 1. The number of benzene rings is 2. The van der Waals surface area contributed by atoms with E-state index >= 15 is 0 Å². The lowest BCUT2D eigenvalue weighted by Gasteiger charge is -2.29. The topological polar surface area (TPSA) is 88.6 Å². The van der Waals surface area contributed by atoms with Crippen LogP contribution in [-0.2, 0) is 16.1 Å². The highest BCUT2D eigenvalue weighted by molar-refractivity contribution is 6.06. The van der Waals surface area contributed by atoms with Gasteiger partial charge in [0.05, 0.1) is 18.2 Å². The lowest BCUT2D eigenvalue weighted by atomic mass is 9.99. The average Bonchev–Trinajstić information content (AvgIpc) is 3.08. The summed E-state index contributed by atoms with van der Waals surface area (Å²) in [7, 11) is 1.63. The van der Waals surface area contributed by atoms with Crippen LogP contribution in [0.25, 0.3) is 22.0 Å². The van der Waals surface area contributed by atoms with E-state index in [2.05, 4.69) is 10.3 Å². The molecule has 1 N–H and O–H groups in total. The van der Waals surface area contributed by atoms with E-state index in [1.807, 2.05) is 36.4 Å². The van der Waals surface area contributed by atoms with Gasteiger partial charge in [-0.15, -0.1) is 0 Å². The zero-order chi connectivity index (χ0) is 20.8. The highest BCUT2D eigenvalue weighted by atomic mass is 16.5. The molecule has 3 aromatic rings. The Morgan fingerprint density at radius 2 is 2.00 bits per heavy atom. The van der Waals surface area contributed by atoms with E-state index in [1.54, 1.807) is 24.3 Å². The van der Waals surface area contributed by atoms with E-state index in [1.165, 1.54) is 0 Å². The van der Waals surface area contributed by atoms with E-state index in [0.717, 1.165) is 33.3 Å². The summed E-state index contributed by atoms with van der Waals surface area (Å²) in [5, 5.41) is 4.25. The van der Waals surface area contributed by atoms with Gasteiger partial charge in [-0.3, -0.25) is 24.7 Å². The van der Waals surface area contributed by atoms with Crippen LogP contribution < -0.4 is 10.1 Å². The number of methoxy groups -OCH3 is 1. The fraction of sp³-hybridized carbons (Fsp3) is 0.217. The number of nitrogens with one attached hydrogen (secondary N) is 1. The Labute approximate surface area is 172 Å². The quantitative estimate of drug-likeness (QED) is 0.682. The second-order valence-corrected chi connectivity index (χ2v) is 7.49. The summed E-state index contributed by atoms with van der Waals surface area (Å²) in [6, 6.07) is 12.8. The maximum atomic E-state index is 12.9. The summed E-state index contributed by atoms with van der Waals surface area (Å²) < 4.78 is 5.54. The number of rotatable bonds is 3. The van der Waals surface area contributed by atoms with Crippen molar-refractivity contribution in [3.8, 4) is 17.0 Å². The van der Waals surface area contributed by atoms with Gasteiger partial charge in [-0.05, 0) is 41.6 Å². The summed E-state index contributed by atoms with van der Waals surface area (Å²) in [6.45, 7) is 0.330. The number of carbonyl (C=O) groups excluding carboxylic acids is 3. The van der Waals surface area contributed by atoms with Gasteiger partial charge >= 0.3 is 0 Å². The molecule has 1 unspecified atom stereocenters. The lowest BCUT2D eigenvalue weighted by molar-refractivity contribution is -0.136. The smallest absolute Gasteiger partial charge is 0.255 e. The van der Waals surface area contributed by atoms with Crippen LogP contribution in [-0.4, -0.2) is 40.8 Å². The summed E-state index contributed by atoms with van der Waals surface area (Å²) in [5.41, 5.74) is 3.08. The Kier molecular flexibility index (Phi) is 4.24. The largest absolute Gasteiger partial charge is 0.496 e. The van der Waals surface area contributed by atoms with Crippen LogP contribution in [0.3, 0.4) is 0 Å². The first-order valence-corrected chi connectivity index (χ1v) is 9.76. The Hall–Kier alpha value is -3.74. The molecular weight excluding hydrogens is 382 g/mol. The molecule has 1 fully saturated rings. The summed E-state index contributed by atoms with van der Waals surface area (Å²) in [4.78, 5) is 42.7. The average molecular weight is 401 g/mol. The number of ether oxygens (including phenoxy) is 1. The molecule has 3 amide bonds. The molecule has 0 radical (unpaired) electrons. The van der Waals surface area contributed by atoms with Crippen LogP contribution in [0.4, 0.5) is 0 Å². The normalized spacial score (nSPS) is 18.5. The maximum absolute atomic E-state index is 12.9. The SMILES string of the molecule is COc1cccc2ccnc(-c3ccc4c(c3)CN(C3CCC(=O)NC3=O)C4=O)c12. The van der Waals surface area contributed by atoms with Gasteiger partial charge < -0.3 is 9.64 Å². The second-order valence-electron chi connectivity index (χ2n) is 7.49. The summed E-state index contributed by atoms with van der Waals surface area (Å²) >= 11 is 0. The number of amides is 3.